The van der Waals surface area contributed by atoms with Crippen molar-refractivity contribution in [1.82, 2.24) is 5.32 Å². The molecule has 1 amide bonds. The molecule has 0 spiro atoms. The summed E-state index contributed by atoms with van der Waals surface area (Å²) in [4.78, 5) is 25.5. The van der Waals surface area contributed by atoms with E-state index in [1.807, 2.05) is 21.1 Å². The highest BCUT2D eigenvalue weighted by Gasteiger charge is 2.29. The number of phosphoric acid groups is 1. The zero-order valence-corrected chi connectivity index (χ0v) is 51.1. The summed E-state index contributed by atoms with van der Waals surface area (Å²) in [6, 6.07) is -1.09. The van der Waals surface area contributed by atoms with Gasteiger partial charge in [0.25, 0.3) is 7.82 Å². The molecule has 0 saturated carbocycles. The van der Waals surface area contributed by atoms with Crippen molar-refractivity contribution in [3.8, 4) is 0 Å². The molecule has 0 aliphatic carbocycles. The number of quaternary nitrogens is 1. The SMILES string of the molecule is CCCCCCCCC/C=C/CCCC(O)C(O)C(COP(=O)([O-])OCC[N+](C)(C)C)NC(=O)CCCCCCCCCCCCCCCCCCCCCCCCCCCCCCCCCCCCCCCC. The Kier molecular flexibility index (Phi) is 54.9. The van der Waals surface area contributed by atoms with E-state index in [2.05, 4.69) is 31.3 Å². The van der Waals surface area contributed by atoms with E-state index in [4.69, 9.17) is 9.05 Å². The van der Waals surface area contributed by atoms with Gasteiger partial charge in [0.2, 0.25) is 5.91 Å². The van der Waals surface area contributed by atoms with E-state index in [-0.39, 0.29) is 18.9 Å². The maximum atomic E-state index is 13.0. The third kappa shape index (κ3) is 55.9. The maximum Gasteiger partial charge on any atom is 0.268 e. The normalized spacial score (nSPS) is 14.2. The Bertz CT molecular complexity index is 1230. The van der Waals surface area contributed by atoms with Gasteiger partial charge in [-0.15, -0.1) is 0 Å². The van der Waals surface area contributed by atoms with Crippen LogP contribution in [0.1, 0.15) is 335 Å². The molecule has 74 heavy (non-hydrogen) atoms. The molecule has 0 aromatic heterocycles. The van der Waals surface area contributed by atoms with Crippen LogP contribution in [-0.4, -0.2) is 79.8 Å². The summed E-state index contributed by atoms with van der Waals surface area (Å²) in [6.45, 7) is 4.45. The van der Waals surface area contributed by atoms with E-state index in [1.54, 1.807) is 0 Å². The maximum absolute atomic E-state index is 13.0. The number of unbranched alkanes of at least 4 members (excludes halogenated alkanes) is 45. The highest BCUT2D eigenvalue weighted by Crippen LogP contribution is 2.38. The number of hydrogen-bond acceptors (Lipinski definition) is 7. The number of likely N-dealkylation sites (N-methyl/N-ethyl adjacent to an activating group) is 1. The molecule has 0 bridgehead atoms. The predicted molar refractivity (Wildman–Crippen MR) is 318 cm³/mol. The molecule has 10 heteroatoms. The number of rotatable bonds is 61. The van der Waals surface area contributed by atoms with Crippen LogP contribution in [0, 0.1) is 0 Å². The van der Waals surface area contributed by atoms with E-state index >= 15 is 0 Å². The first-order chi connectivity index (χ1) is 35.9. The van der Waals surface area contributed by atoms with Gasteiger partial charge in [0.1, 0.15) is 19.3 Å². The molecule has 0 saturated heterocycles. The first-order valence-corrected chi connectivity index (χ1v) is 34.1. The Morgan fingerprint density at radius 1 is 0.473 bits per heavy atom. The quantitative estimate of drug-likeness (QED) is 0.0239. The zero-order chi connectivity index (χ0) is 54.3. The van der Waals surface area contributed by atoms with Crippen molar-refractivity contribution in [2.45, 2.75) is 353 Å². The van der Waals surface area contributed by atoms with Gasteiger partial charge in [0.05, 0.1) is 39.9 Å². The molecule has 4 unspecified atom stereocenters. The van der Waals surface area contributed by atoms with E-state index in [0.717, 1.165) is 32.1 Å². The summed E-state index contributed by atoms with van der Waals surface area (Å²) >= 11 is 0. The van der Waals surface area contributed by atoms with Crippen LogP contribution in [0.15, 0.2) is 12.2 Å². The van der Waals surface area contributed by atoms with Gasteiger partial charge in [-0.25, -0.2) is 0 Å². The Morgan fingerprint density at radius 2 is 0.770 bits per heavy atom. The average molecular weight is 1070 g/mol. The number of carbonyl (C=O) groups is 1. The van der Waals surface area contributed by atoms with Crippen molar-refractivity contribution in [2.24, 2.45) is 0 Å². The van der Waals surface area contributed by atoms with Crippen molar-refractivity contribution in [2.75, 3.05) is 40.9 Å². The van der Waals surface area contributed by atoms with Gasteiger partial charge in [-0.1, -0.05) is 302 Å². The molecule has 0 aliphatic heterocycles. The van der Waals surface area contributed by atoms with Gasteiger partial charge >= 0.3 is 0 Å². The van der Waals surface area contributed by atoms with E-state index in [9.17, 15) is 24.5 Å². The number of hydrogen-bond donors (Lipinski definition) is 3. The molecule has 0 aromatic rings. The van der Waals surface area contributed by atoms with Crippen molar-refractivity contribution in [3.05, 3.63) is 12.2 Å². The molecule has 0 fully saturated rings. The van der Waals surface area contributed by atoms with Crippen molar-refractivity contribution in [3.63, 3.8) is 0 Å². The largest absolute Gasteiger partial charge is 0.756 e. The lowest BCUT2D eigenvalue weighted by Gasteiger charge is -2.31. The molecule has 0 radical (unpaired) electrons. The van der Waals surface area contributed by atoms with Crippen molar-refractivity contribution >= 4 is 13.7 Å². The molecular weight excluding hydrogens is 940 g/mol. The van der Waals surface area contributed by atoms with Gasteiger partial charge in [0.15, 0.2) is 0 Å². The number of nitrogens with one attached hydrogen (secondary N) is 1. The third-order valence-electron chi connectivity index (χ3n) is 15.3. The zero-order valence-electron chi connectivity index (χ0n) is 50.2. The van der Waals surface area contributed by atoms with Gasteiger partial charge in [-0.3, -0.25) is 9.36 Å². The van der Waals surface area contributed by atoms with Crippen LogP contribution in [0.2, 0.25) is 0 Å². The second kappa shape index (κ2) is 55.5. The summed E-state index contributed by atoms with van der Waals surface area (Å²) in [6.07, 6.45) is 66.2. The Balaban J connectivity index is 3.90. The van der Waals surface area contributed by atoms with Gasteiger partial charge in [0, 0.05) is 6.42 Å². The molecule has 442 valence electrons. The minimum Gasteiger partial charge on any atom is -0.756 e. The molecule has 0 heterocycles. The van der Waals surface area contributed by atoms with Crippen LogP contribution in [0.3, 0.4) is 0 Å². The van der Waals surface area contributed by atoms with E-state index in [1.165, 1.54) is 270 Å². The second-order valence-electron chi connectivity index (χ2n) is 24.0. The fourth-order valence-corrected chi connectivity index (χ4v) is 10.9. The Hall–Kier alpha value is -0.800. The molecular formula is C64H129N2O7P. The fourth-order valence-electron chi connectivity index (χ4n) is 10.2. The van der Waals surface area contributed by atoms with Crippen LogP contribution >= 0.6 is 7.82 Å². The first-order valence-electron chi connectivity index (χ1n) is 32.6. The fraction of sp³-hybridized carbons (Fsp3) is 0.953. The molecule has 9 nitrogen and oxygen atoms in total. The number of phosphoric ester groups is 1. The summed E-state index contributed by atoms with van der Waals surface area (Å²) in [7, 11) is 1.12. The third-order valence-corrected chi connectivity index (χ3v) is 16.3. The van der Waals surface area contributed by atoms with Crippen LogP contribution in [0.5, 0.6) is 0 Å². The van der Waals surface area contributed by atoms with Crippen molar-refractivity contribution < 1.29 is 38.0 Å². The number of allylic oxidation sites excluding steroid dienone is 2. The molecule has 0 aromatic carbocycles. The van der Waals surface area contributed by atoms with E-state index < -0.39 is 32.7 Å². The number of nitrogens with zero attached hydrogens (tertiary/aromatic N) is 1. The van der Waals surface area contributed by atoms with Crippen molar-refractivity contribution in [1.29, 1.82) is 0 Å². The predicted octanol–water partition coefficient (Wildman–Crippen LogP) is 18.5. The van der Waals surface area contributed by atoms with Crippen LogP contribution in [0.4, 0.5) is 0 Å². The Labute approximate surface area is 461 Å². The molecule has 3 N–H and O–H groups in total. The minimum absolute atomic E-state index is 0.0429. The molecule has 4 atom stereocenters. The Morgan fingerprint density at radius 3 is 1.09 bits per heavy atom. The highest BCUT2D eigenvalue weighted by molar-refractivity contribution is 7.45. The topological polar surface area (TPSA) is 128 Å². The summed E-state index contributed by atoms with van der Waals surface area (Å²) < 4.78 is 23.3. The molecule has 0 rings (SSSR count). The van der Waals surface area contributed by atoms with Crippen LogP contribution in [-0.2, 0) is 18.4 Å². The monoisotopic (exact) mass is 1070 g/mol. The summed E-state index contributed by atoms with van der Waals surface area (Å²) in [5.74, 6) is -0.281. The number of carbonyl (C=O) groups excluding carboxylic acids is 1. The summed E-state index contributed by atoms with van der Waals surface area (Å²) in [5, 5.41) is 24.7. The first kappa shape index (κ1) is 73.2. The van der Waals surface area contributed by atoms with Gasteiger partial charge in [-0.05, 0) is 38.5 Å². The highest BCUT2D eigenvalue weighted by atomic mass is 31.2. The minimum atomic E-state index is -4.68. The van der Waals surface area contributed by atoms with E-state index in [0.29, 0.717) is 23.9 Å². The van der Waals surface area contributed by atoms with Gasteiger partial charge in [-0.2, -0.15) is 0 Å². The lowest BCUT2D eigenvalue weighted by Crippen LogP contribution is -2.51. The lowest BCUT2D eigenvalue weighted by atomic mass is 10.0. The second-order valence-corrected chi connectivity index (χ2v) is 25.4. The number of aliphatic hydroxyl groups excluding tert-OH is 2. The number of amides is 1. The van der Waals surface area contributed by atoms with Crippen LogP contribution in [0.25, 0.3) is 0 Å². The summed E-state index contributed by atoms with van der Waals surface area (Å²) in [5.41, 5.74) is 0. The molecule has 0 aliphatic rings. The average Bonchev–Trinajstić information content (AvgIpc) is 3.36. The smallest absolute Gasteiger partial charge is 0.268 e. The standard InChI is InChI=1S/C64H129N2O7P/c1-6-8-10-12-14-16-18-20-21-22-23-24-25-26-27-28-29-30-31-32-33-34-35-36-37-38-39-40-41-42-43-44-45-47-49-51-53-55-57-63(68)65-61(60-73-74(70,71)72-59-58-66(3,4)5)64(69)62(67)56-54-52-50-48-46-19-17-15-13-11-9-7-2/h48,50,61-62,64,67,69H,6-47,49,51-60H2,1-5H3,(H-,65,68,70,71)/b50-48+. The number of aliphatic hydroxyl groups is 2. The van der Waals surface area contributed by atoms with Crippen LogP contribution < -0.4 is 10.2 Å². The lowest BCUT2D eigenvalue weighted by molar-refractivity contribution is -0.870. The van der Waals surface area contributed by atoms with Gasteiger partial charge < -0.3 is 34.0 Å².